The summed E-state index contributed by atoms with van der Waals surface area (Å²) in [4.78, 5) is 24.3. The fourth-order valence-electron chi connectivity index (χ4n) is 3.68. The standard InChI is InChI=1S/C19H26N2O6S/c1-2-27-18(22)17-10-16(17)14-5-7-15(8-6-14)28(25,26)20-11-13-4-3-9-21(12-13)19(23)24/h5-8,13,16-17,20H,2-4,9-12H2,1H3,(H,23,24)/t13-,16?,17?/m0/s1. The molecule has 1 aromatic carbocycles. The van der Waals surface area contributed by atoms with Crippen molar-refractivity contribution in [1.29, 1.82) is 0 Å². The number of nitrogens with zero attached hydrogens (tertiary/aromatic N) is 1. The van der Waals surface area contributed by atoms with Crippen LogP contribution in [0.15, 0.2) is 29.2 Å². The number of rotatable bonds is 7. The molecule has 2 N–H and O–H groups in total. The van der Waals surface area contributed by atoms with Gasteiger partial charge in [-0.05, 0) is 55.7 Å². The van der Waals surface area contributed by atoms with Crippen LogP contribution in [0.4, 0.5) is 4.79 Å². The third kappa shape index (κ3) is 4.82. The van der Waals surface area contributed by atoms with Gasteiger partial charge >= 0.3 is 12.1 Å². The van der Waals surface area contributed by atoms with Gasteiger partial charge in [-0.25, -0.2) is 17.9 Å². The number of hydrogen-bond acceptors (Lipinski definition) is 5. The number of carboxylic acid groups (broad SMARTS) is 1. The molecule has 2 aliphatic rings. The number of carbonyl (C=O) groups is 2. The molecule has 3 rings (SSSR count). The third-order valence-electron chi connectivity index (χ3n) is 5.35. The Morgan fingerprint density at radius 3 is 2.64 bits per heavy atom. The molecule has 1 saturated carbocycles. The average molecular weight is 410 g/mol. The summed E-state index contributed by atoms with van der Waals surface area (Å²) in [5.74, 6) is -0.276. The number of carbonyl (C=O) groups excluding carboxylic acids is 1. The van der Waals surface area contributed by atoms with Crippen LogP contribution in [0.1, 0.15) is 37.7 Å². The Balaban J connectivity index is 1.56. The average Bonchev–Trinajstić information content (AvgIpc) is 3.48. The second-order valence-corrected chi connectivity index (χ2v) is 9.13. The van der Waals surface area contributed by atoms with Gasteiger partial charge in [-0.1, -0.05) is 12.1 Å². The van der Waals surface area contributed by atoms with Crippen LogP contribution in [0.5, 0.6) is 0 Å². The van der Waals surface area contributed by atoms with E-state index in [-0.39, 0.29) is 35.2 Å². The fourth-order valence-corrected chi connectivity index (χ4v) is 4.80. The lowest BCUT2D eigenvalue weighted by Crippen LogP contribution is -2.43. The molecule has 8 nitrogen and oxygen atoms in total. The number of ether oxygens (including phenoxy) is 1. The van der Waals surface area contributed by atoms with E-state index in [2.05, 4.69) is 4.72 Å². The predicted octanol–water partition coefficient (Wildman–Crippen LogP) is 2.02. The van der Waals surface area contributed by atoms with Crippen molar-refractivity contribution in [2.45, 2.75) is 37.0 Å². The Kier molecular flexibility index (Phi) is 6.24. The van der Waals surface area contributed by atoms with E-state index in [1.807, 2.05) is 0 Å². The molecule has 3 atom stereocenters. The maximum Gasteiger partial charge on any atom is 0.407 e. The monoisotopic (exact) mass is 410 g/mol. The molecular formula is C19H26N2O6S. The SMILES string of the molecule is CCOC(=O)C1CC1c1ccc(S(=O)(=O)NC[C@@H]2CCCN(C(=O)O)C2)cc1. The fraction of sp³-hybridized carbons (Fsp3) is 0.579. The lowest BCUT2D eigenvalue weighted by Gasteiger charge is -2.30. The normalized spacial score (nSPS) is 24.6. The van der Waals surface area contributed by atoms with Crippen LogP contribution in [-0.4, -0.2) is 56.7 Å². The molecule has 0 spiro atoms. The summed E-state index contributed by atoms with van der Waals surface area (Å²) >= 11 is 0. The van der Waals surface area contributed by atoms with E-state index in [0.29, 0.717) is 19.7 Å². The molecule has 1 saturated heterocycles. The molecule has 28 heavy (non-hydrogen) atoms. The summed E-state index contributed by atoms with van der Waals surface area (Å²) < 4.78 is 32.7. The third-order valence-corrected chi connectivity index (χ3v) is 6.79. The molecule has 154 valence electrons. The van der Waals surface area contributed by atoms with Crippen molar-refractivity contribution in [2.24, 2.45) is 11.8 Å². The van der Waals surface area contributed by atoms with E-state index in [1.54, 1.807) is 31.2 Å². The van der Waals surface area contributed by atoms with Gasteiger partial charge in [0.25, 0.3) is 0 Å². The quantitative estimate of drug-likeness (QED) is 0.665. The highest BCUT2D eigenvalue weighted by molar-refractivity contribution is 7.89. The summed E-state index contributed by atoms with van der Waals surface area (Å²) in [6.45, 7) is 3.17. The molecule has 9 heteroatoms. The van der Waals surface area contributed by atoms with Gasteiger partial charge in [-0.2, -0.15) is 0 Å². The molecule has 1 aliphatic carbocycles. The maximum absolute atomic E-state index is 12.5. The second kappa shape index (κ2) is 8.48. The minimum atomic E-state index is -3.67. The predicted molar refractivity (Wildman–Crippen MR) is 101 cm³/mol. The van der Waals surface area contributed by atoms with Gasteiger partial charge in [0.1, 0.15) is 0 Å². The van der Waals surface area contributed by atoms with Crippen molar-refractivity contribution in [3.63, 3.8) is 0 Å². The lowest BCUT2D eigenvalue weighted by molar-refractivity contribution is -0.144. The summed E-state index contributed by atoms with van der Waals surface area (Å²) in [6, 6.07) is 6.57. The van der Waals surface area contributed by atoms with E-state index in [4.69, 9.17) is 9.84 Å². The zero-order valence-electron chi connectivity index (χ0n) is 15.8. The Labute approximate surface area is 164 Å². The first-order valence-corrected chi connectivity index (χ1v) is 11.0. The van der Waals surface area contributed by atoms with Crippen LogP contribution in [0.25, 0.3) is 0 Å². The molecule has 0 bridgehead atoms. The molecule has 1 heterocycles. The summed E-state index contributed by atoms with van der Waals surface area (Å²) in [5, 5.41) is 9.08. The molecule has 0 radical (unpaired) electrons. The van der Waals surface area contributed by atoms with Crippen LogP contribution in [-0.2, 0) is 19.6 Å². The Hall–Kier alpha value is -2.13. The van der Waals surface area contributed by atoms with Gasteiger partial charge < -0.3 is 14.7 Å². The molecule has 1 amide bonds. The van der Waals surface area contributed by atoms with Crippen molar-refractivity contribution < 1.29 is 27.9 Å². The van der Waals surface area contributed by atoms with Crippen LogP contribution in [0.3, 0.4) is 0 Å². The minimum Gasteiger partial charge on any atom is -0.466 e. The molecular weight excluding hydrogens is 384 g/mol. The number of amides is 1. The van der Waals surface area contributed by atoms with Gasteiger partial charge in [0.2, 0.25) is 10.0 Å². The maximum atomic E-state index is 12.5. The molecule has 2 unspecified atom stereocenters. The van der Waals surface area contributed by atoms with Crippen molar-refractivity contribution in [1.82, 2.24) is 9.62 Å². The first kappa shape index (κ1) is 20.6. The van der Waals surface area contributed by atoms with Gasteiger partial charge in [-0.3, -0.25) is 4.79 Å². The Morgan fingerprint density at radius 2 is 2.00 bits per heavy atom. The Morgan fingerprint density at radius 1 is 1.29 bits per heavy atom. The topological polar surface area (TPSA) is 113 Å². The highest BCUT2D eigenvalue weighted by Gasteiger charge is 2.45. The Bertz CT molecular complexity index is 823. The van der Waals surface area contributed by atoms with Crippen LogP contribution in [0.2, 0.25) is 0 Å². The minimum absolute atomic E-state index is 0.0318. The van der Waals surface area contributed by atoms with Crippen LogP contribution in [0, 0.1) is 11.8 Å². The highest BCUT2D eigenvalue weighted by Crippen LogP contribution is 2.48. The van der Waals surface area contributed by atoms with E-state index in [0.717, 1.165) is 24.8 Å². The van der Waals surface area contributed by atoms with Crippen LogP contribution < -0.4 is 4.72 Å². The first-order chi connectivity index (χ1) is 13.3. The second-order valence-electron chi connectivity index (χ2n) is 7.36. The largest absolute Gasteiger partial charge is 0.466 e. The first-order valence-electron chi connectivity index (χ1n) is 9.56. The van der Waals surface area contributed by atoms with Gasteiger partial charge in [0.15, 0.2) is 0 Å². The summed E-state index contributed by atoms with van der Waals surface area (Å²) in [6.07, 6.45) is 1.29. The van der Waals surface area contributed by atoms with Crippen molar-refractivity contribution in [2.75, 3.05) is 26.2 Å². The van der Waals surface area contributed by atoms with E-state index < -0.39 is 16.1 Å². The van der Waals surface area contributed by atoms with E-state index in [1.165, 1.54) is 4.90 Å². The number of likely N-dealkylation sites (tertiary alicyclic amines) is 1. The number of hydrogen-bond donors (Lipinski definition) is 2. The van der Waals surface area contributed by atoms with E-state index in [9.17, 15) is 18.0 Å². The zero-order valence-corrected chi connectivity index (χ0v) is 16.7. The lowest BCUT2D eigenvalue weighted by atomic mass is 9.99. The molecule has 0 aromatic heterocycles. The summed E-state index contributed by atoms with van der Waals surface area (Å²) in [7, 11) is -3.67. The van der Waals surface area contributed by atoms with Crippen molar-refractivity contribution >= 4 is 22.1 Å². The van der Waals surface area contributed by atoms with Crippen molar-refractivity contribution in [3.05, 3.63) is 29.8 Å². The number of sulfonamides is 1. The zero-order chi connectivity index (χ0) is 20.3. The molecule has 1 aromatic rings. The summed E-state index contributed by atoms with van der Waals surface area (Å²) in [5.41, 5.74) is 0.932. The highest BCUT2D eigenvalue weighted by atomic mass is 32.2. The number of esters is 1. The van der Waals surface area contributed by atoms with Gasteiger partial charge in [-0.15, -0.1) is 0 Å². The molecule has 1 aliphatic heterocycles. The molecule has 2 fully saturated rings. The van der Waals surface area contributed by atoms with Crippen LogP contribution >= 0.6 is 0 Å². The number of nitrogens with one attached hydrogen (secondary N) is 1. The number of piperidine rings is 1. The van der Waals surface area contributed by atoms with Crippen molar-refractivity contribution in [3.8, 4) is 0 Å². The van der Waals surface area contributed by atoms with Gasteiger partial charge in [0.05, 0.1) is 17.4 Å². The number of benzene rings is 1. The smallest absolute Gasteiger partial charge is 0.407 e. The van der Waals surface area contributed by atoms with E-state index >= 15 is 0 Å². The van der Waals surface area contributed by atoms with Gasteiger partial charge in [0, 0.05) is 19.6 Å².